The number of morpholine rings is 1. The van der Waals surface area contributed by atoms with E-state index in [1.54, 1.807) is 18.2 Å². The number of nitrogens with two attached hydrogens (primary N) is 1. The Bertz CT molecular complexity index is 941. The van der Waals surface area contributed by atoms with Crippen LogP contribution in [0.4, 0.5) is 11.4 Å². The Kier molecular flexibility index (Phi) is 7.66. The molecule has 1 fully saturated rings. The lowest BCUT2D eigenvalue weighted by atomic mass is 10.1. The normalized spacial score (nSPS) is 13.3. The maximum absolute atomic E-state index is 12.3. The Balaban J connectivity index is 0.000000343. The first-order chi connectivity index (χ1) is 14.0. The van der Waals surface area contributed by atoms with Crippen molar-refractivity contribution >= 4 is 40.2 Å². The van der Waals surface area contributed by atoms with Crippen molar-refractivity contribution in [1.29, 1.82) is 0 Å². The van der Waals surface area contributed by atoms with Gasteiger partial charge in [0.25, 0.3) is 5.91 Å². The van der Waals surface area contributed by atoms with Gasteiger partial charge >= 0.3 is 0 Å². The van der Waals surface area contributed by atoms with Crippen LogP contribution in [0, 0.1) is 6.92 Å². The van der Waals surface area contributed by atoms with Crippen molar-refractivity contribution in [2.75, 3.05) is 37.4 Å². The molecule has 0 spiro atoms. The molecule has 7 heteroatoms. The predicted molar refractivity (Wildman–Crippen MR) is 122 cm³/mol. The molecule has 29 heavy (non-hydrogen) atoms. The number of carbonyl (C=O) groups is 1. The summed E-state index contributed by atoms with van der Waals surface area (Å²) in [4.78, 5) is 13.4. The van der Waals surface area contributed by atoms with Crippen molar-refractivity contribution in [3.8, 4) is 10.4 Å². The van der Waals surface area contributed by atoms with E-state index in [1.165, 1.54) is 11.3 Å². The molecule has 1 aliphatic rings. The molecule has 5 nitrogen and oxygen atoms in total. The van der Waals surface area contributed by atoms with E-state index < -0.39 is 0 Å². The summed E-state index contributed by atoms with van der Waals surface area (Å²) in [6.45, 7) is 5.81. The quantitative estimate of drug-likeness (QED) is 0.522. The fourth-order valence-corrected chi connectivity index (χ4v) is 3.74. The first kappa shape index (κ1) is 21.3. The minimum absolute atomic E-state index is 0.182. The molecular formula is C22H24ClN3O2S. The van der Waals surface area contributed by atoms with Crippen LogP contribution in [0.15, 0.2) is 54.6 Å². The van der Waals surface area contributed by atoms with Gasteiger partial charge in [0.2, 0.25) is 0 Å². The van der Waals surface area contributed by atoms with Crippen LogP contribution in [0.3, 0.4) is 0 Å². The van der Waals surface area contributed by atoms with E-state index in [1.807, 2.05) is 43.3 Å². The third kappa shape index (κ3) is 6.30. The lowest BCUT2D eigenvalue weighted by Gasteiger charge is -2.10. The molecule has 3 aromatic rings. The van der Waals surface area contributed by atoms with Gasteiger partial charge in [-0.25, -0.2) is 0 Å². The SMILES string of the molecule is C1COCCN1.Cc1ccc(C(=O)Nc2cc(-c3ccc(Cl)s3)ccc2N)cc1. The zero-order valence-corrected chi connectivity index (χ0v) is 17.8. The summed E-state index contributed by atoms with van der Waals surface area (Å²) in [7, 11) is 0. The number of nitrogens with one attached hydrogen (secondary N) is 2. The summed E-state index contributed by atoms with van der Waals surface area (Å²) >= 11 is 7.47. The van der Waals surface area contributed by atoms with E-state index in [4.69, 9.17) is 22.1 Å². The van der Waals surface area contributed by atoms with Crippen molar-refractivity contribution in [3.05, 3.63) is 70.1 Å². The molecular weight excluding hydrogens is 406 g/mol. The van der Waals surface area contributed by atoms with Gasteiger partial charge in [0.1, 0.15) is 0 Å². The van der Waals surface area contributed by atoms with Crippen LogP contribution in [-0.4, -0.2) is 32.2 Å². The number of amides is 1. The lowest BCUT2D eigenvalue weighted by molar-refractivity contribution is 0.102. The van der Waals surface area contributed by atoms with Crippen LogP contribution < -0.4 is 16.4 Å². The Hall–Kier alpha value is -2.38. The van der Waals surface area contributed by atoms with Crippen molar-refractivity contribution in [2.45, 2.75) is 6.92 Å². The van der Waals surface area contributed by atoms with E-state index in [0.717, 1.165) is 46.6 Å². The van der Waals surface area contributed by atoms with Gasteiger partial charge in [-0.2, -0.15) is 0 Å². The summed E-state index contributed by atoms with van der Waals surface area (Å²) < 4.78 is 5.73. The Morgan fingerprint density at radius 1 is 1.10 bits per heavy atom. The predicted octanol–water partition coefficient (Wildman–Crippen LogP) is 4.82. The molecule has 0 bridgehead atoms. The number of nitrogen functional groups attached to an aromatic ring is 1. The van der Waals surface area contributed by atoms with E-state index in [0.29, 0.717) is 16.9 Å². The second kappa shape index (κ2) is 10.4. The molecule has 1 amide bonds. The van der Waals surface area contributed by atoms with E-state index in [2.05, 4.69) is 10.6 Å². The Morgan fingerprint density at radius 2 is 1.83 bits per heavy atom. The highest BCUT2D eigenvalue weighted by atomic mass is 35.5. The topological polar surface area (TPSA) is 76.4 Å². The van der Waals surface area contributed by atoms with Gasteiger partial charge in [-0.1, -0.05) is 35.4 Å². The molecule has 4 rings (SSSR count). The number of halogens is 1. The number of hydrogen-bond acceptors (Lipinski definition) is 5. The molecule has 0 radical (unpaired) electrons. The molecule has 0 saturated carbocycles. The van der Waals surface area contributed by atoms with Crippen LogP contribution in [0.1, 0.15) is 15.9 Å². The maximum Gasteiger partial charge on any atom is 0.255 e. The molecule has 1 aliphatic heterocycles. The first-order valence-corrected chi connectivity index (χ1v) is 10.5. The first-order valence-electron chi connectivity index (χ1n) is 9.34. The van der Waals surface area contributed by atoms with Crippen LogP contribution in [-0.2, 0) is 4.74 Å². The van der Waals surface area contributed by atoms with Gasteiger partial charge in [0, 0.05) is 23.5 Å². The molecule has 2 aromatic carbocycles. The molecule has 0 aliphatic carbocycles. The summed E-state index contributed by atoms with van der Waals surface area (Å²) in [6, 6.07) is 16.8. The van der Waals surface area contributed by atoms with E-state index in [-0.39, 0.29) is 5.91 Å². The molecule has 0 unspecified atom stereocenters. The van der Waals surface area contributed by atoms with E-state index >= 15 is 0 Å². The largest absolute Gasteiger partial charge is 0.397 e. The van der Waals surface area contributed by atoms with Gasteiger partial charge in [-0.15, -0.1) is 11.3 Å². The second-order valence-corrected chi connectivity index (χ2v) is 8.30. The zero-order chi connectivity index (χ0) is 20.6. The number of ether oxygens (including phenoxy) is 1. The molecule has 2 heterocycles. The average molecular weight is 430 g/mol. The van der Waals surface area contributed by atoms with Crippen molar-refractivity contribution in [2.24, 2.45) is 0 Å². The van der Waals surface area contributed by atoms with E-state index in [9.17, 15) is 4.79 Å². The molecule has 1 aromatic heterocycles. The van der Waals surface area contributed by atoms with Crippen molar-refractivity contribution in [1.82, 2.24) is 5.32 Å². The van der Waals surface area contributed by atoms with Crippen LogP contribution in [0.25, 0.3) is 10.4 Å². The number of benzene rings is 2. The number of aryl methyl sites for hydroxylation is 1. The van der Waals surface area contributed by atoms with Gasteiger partial charge in [-0.3, -0.25) is 4.79 Å². The minimum Gasteiger partial charge on any atom is -0.397 e. The number of carbonyl (C=O) groups excluding carboxylic acids is 1. The fourth-order valence-electron chi connectivity index (χ4n) is 2.70. The third-order valence-corrected chi connectivity index (χ3v) is 5.60. The zero-order valence-electron chi connectivity index (χ0n) is 16.2. The highest BCUT2D eigenvalue weighted by molar-refractivity contribution is 7.19. The summed E-state index contributed by atoms with van der Waals surface area (Å²) in [6.07, 6.45) is 0. The van der Waals surface area contributed by atoms with Crippen LogP contribution in [0.2, 0.25) is 4.34 Å². The molecule has 1 saturated heterocycles. The van der Waals surface area contributed by atoms with Gasteiger partial charge in [0.15, 0.2) is 0 Å². The summed E-state index contributed by atoms with van der Waals surface area (Å²) in [5.74, 6) is -0.182. The number of anilines is 2. The van der Waals surface area contributed by atoms with Gasteiger partial charge in [0.05, 0.1) is 28.9 Å². The third-order valence-electron chi connectivity index (χ3n) is 4.32. The molecule has 152 valence electrons. The Labute approximate surface area is 179 Å². The van der Waals surface area contributed by atoms with Crippen LogP contribution >= 0.6 is 22.9 Å². The number of hydrogen-bond donors (Lipinski definition) is 3. The lowest BCUT2D eigenvalue weighted by Crippen LogP contribution is -2.30. The second-order valence-electron chi connectivity index (χ2n) is 6.59. The maximum atomic E-state index is 12.3. The summed E-state index contributed by atoms with van der Waals surface area (Å²) in [5, 5.41) is 6.03. The van der Waals surface area contributed by atoms with Gasteiger partial charge < -0.3 is 21.1 Å². The van der Waals surface area contributed by atoms with Gasteiger partial charge in [-0.05, 0) is 48.9 Å². The molecule has 0 atom stereocenters. The average Bonchev–Trinajstić information content (AvgIpc) is 3.18. The monoisotopic (exact) mass is 429 g/mol. The number of thiophene rings is 1. The van der Waals surface area contributed by atoms with Crippen LogP contribution in [0.5, 0.6) is 0 Å². The highest BCUT2D eigenvalue weighted by Gasteiger charge is 2.10. The van der Waals surface area contributed by atoms with Crippen molar-refractivity contribution in [3.63, 3.8) is 0 Å². The minimum atomic E-state index is -0.182. The highest BCUT2D eigenvalue weighted by Crippen LogP contribution is 2.34. The van der Waals surface area contributed by atoms with Crippen molar-refractivity contribution < 1.29 is 9.53 Å². The molecule has 4 N–H and O–H groups in total. The smallest absolute Gasteiger partial charge is 0.255 e. The standard InChI is InChI=1S/C18H15ClN2OS.C4H9NO/c1-11-2-4-12(5-3-11)18(22)21-15-10-13(6-7-14(15)20)16-8-9-17(19)23-16;1-3-6-4-2-5-1/h2-10H,20H2,1H3,(H,21,22);5H,1-4H2. The number of rotatable bonds is 3. The fraction of sp³-hybridized carbons (Fsp3) is 0.227. The Morgan fingerprint density at radius 3 is 2.38 bits per heavy atom. The summed E-state index contributed by atoms with van der Waals surface area (Å²) in [5.41, 5.74) is 9.78.